The van der Waals surface area contributed by atoms with Gasteiger partial charge in [-0.1, -0.05) is 26.7 Å². The van der Waals surface area contributed by atoms with Crippen LogP contribution in [0, 0.1) is 0 Å². The van der Waals surface area contributed by atoms with Crippen LogP contribution in [0.5, 0.6) is 0 Å². The number of unbranched alkanes of at least 4 members (excludes halogenated alkanes) is 1. The molecule has 0 aliphatic rings. The zero-order valence-corrected chi connectivity index (χ0v) is 12.1. The van der Waals surface area contributed by atoms with E-state index in [1.54, 1.807) is 6.92 Å². The molecule has 1 aromatic carbocycles. The van der Waals surface area contributed by atoms with Gasteiger partial charge in [0.25, 0.3) is 0 Å². The fraction of sp³-hybridized carbons (Fsp3) is 0.471. The summed E-state index contributed by atoms with van der Waals surface area (Å²) in [4.78, 5) is 11.4. The number of fused-ring (bicyclic) bond motifs is 1. The molecular formula is C17H23NO. The number of rotatable bonds is 6. The lowest BCUT2D eigenvalue weighted by Gasteiger charge is -2.18. The molecule has 0 radical (unpaired) electrons. The van der Waals surface area contributed by atoms with Crippen molar-refractivity contribution < 1.29 is 4.79 Å². The van der Waals surface area contributed by atoms with Crippen LogP contribution in [0.25, 0.3) is 10.9 Å². The number of hydrogen-bond acceptors (Lipinski definition) is 1. The lowest BCUT2D eigenvalue weighted by Crippen LogP contribution is -2.06. The molecule has 1 unspecified atom stereocenters. The van der Waals surface area contributed by atoms with E-state index in [1.165, 1.54) is 30.2 Å². The lowest BCUT2D eigenvalue weighted by molar-refractivity contribution is 0.101. The molecule has 0 saturated heterocycles. The van der Waals surface area contributed by atoms with Crippen molar-refractivity contribution >= 4 is 16.7 Å². The zero-order valence-electron chi connectivity index (χ0n) is 12.1. The SMILES string of the molecule is CCCCC(CC)n1ccc2cc(C(C)=O)ccc21. The molecule has 1 atom stereocenters. The van der Waals surface area contributed by atoms with Crippen LogP contribution in [0.4, 0.5) is 0 Å². The molecule has 0 aliphatic heterocycles. The van der Waals surface area contributed by atoms with Crippen molar-refractivity contribution in [1.29, 1.82) is 0 Å². The van der Waals surface area contributed by atoms with Crippen molar-refractivity contribution in [2.75, 3.05) is 0 Å². The molecule has 0 N–H and O–H groups in total. The van der Waals surface area contributed by atoms with Crippen LogP contribution >= 0.6 is 0 Å². The molecule has 2 aromatic rings. The molecule has 0 spiro atoms. The van der Waals surface area contributed by atoms with E-state index in [2.05, 4.69) is 36.7 Å². The summed E-state index contributed by atoms with van der Waals surface area (Å²) in [6.07, 6.45) is 7.05. The number of nitrogens with zero attached hydrogens (tertiary/aromatic N) is 1. The smallest absolute Gasteiger partial charge is 0.159 e. The maximum atomic E-state index is 11.4. The first kappa shape index (κ1) is 13.9. The van der Waals surface area contributed by atoms with Crippen molar-refractivity contribution in [3.05, 3.63) is 36.0 Å². The molecule has 0 aliphatic carbocycles. The number of hydrogen-bond donors (Lipinski definition) is 0. The van der Waals surface area contributed by atoms with Gasteiger partial charge >= 0.3 is 0 Å². The van der Waals surface area contributed by atoms with Crippen LogP contribution in [-0.2, 0) is 0 Å². The third-order valence-corrected chi connectivity index (χ3v) is 3.88. The van der Waals surface area contributed by atoms with E-state index >= 15 is 0 Å². The average Bonchev–Trinajstić information content (AvgIpc) is 2.83. The van der Waals surface area contributed by atoms with E-state index in [1.807, 2.05) is 12.1 Å². The monoisotopic (exact) mass is 257 g/mol. The van der Waals surface area contributed by atoms with Crippen LogP contribution in [0.3, 0.4) is 0 Å². The molecule has 0 amide bonds. The molecule has 2 nitrogen and oxygen atoms in total. The van der Waals surface area contributed by atoms with Crippen molar-refractivity contribution in [3.8, 4) is 0 Å². The van der Waals surface area contributed by atoms with Gasteiger partial charge in [-0.2, -0.15) is 0 Å². The highest BCUT2D eigenvalue weighted by atomic mass is 16.1. The molecular weight excluding hydrogens is 234 g/mol. The second-order valence-corrected chi connectivity index (χ2v) is 5.26. The highest BCUT2D eigenvalue weighted by Gasteiger charge is 2.11. The number of ketones is 1. The van der Waals surface area contributed by atoms with Crippen molar-refractivity contribution in [2.45, 2.75) is 52.5 Å². The summed E-state index contributed by atoms with van der Waals surface area (Å²) in [5, 5.41) is 1.17. The van der Waals surface area contributed by atoms with Gasteiger partial charge in [0.05, 0.1) is 0 Å². The number of Topliss-reactive ketones (excluding diaryl/α,β-unsaturated/α-hetero) is 1. The summed E-state index contributed by atoms with van der Waals surface area (Å²) in [5.41, 5.74) is 2.04. The Labute approximate surface area is 115 Å². The molecule has 1 aromatic heterocycles. The van der Waals surface area contributed by atoms with Gasteiger partial charge in [-0.3, -0.25) is 4.79 Å². The molecule has 0 fully saturated rings. The topological polar surface area (TPSA) is 22.0 Å². The van der Waals surface area contributed by atoms with E-state index in [0.29, 0.717) is 6.04 Å². The van der Waals surface area contributed by atoms with Gasteiger partial charge in [0, 0.05) is 28.7 Å². The molecule has 102 valence electrons. The Hall–Kier alpha value is -1.57. The Morgan fingerprint density at radius 1 is 1.26 bits per heavy atom. The van der Waals surface area contributed by atoms with Crippen LogP contribution in [0.2, 0.25) is 0 Å². The zero-order chi connectivity index (χ0) is 13.8. The number of aromatic nitrogens is 1. The Kier molecular flexibility index (Phi) is 4.41. The second-order valence-electron chi connectivity index (χ2n) is 5.26. The molecule has 19 heavy (non-hydrogen) atoms. The predicted molar refractivity (Wildman–Crippen MR) is 80.8 cm³/mol. The summed E-state index contributed by atoms with van der Waals surface area (Å²) in [6, 6.07) is 8.71. The van der Waals surface area contributed by atoms with E-state index in [-0.39, 0.29) is 5.78 Å². The fourth-order valence-electron chi connectivity index (χ4n) is 2.68. The Balaban J connectivity index is 2.36. The maximum absolute atomic E-state index is 11.4. The summed E-state index contributed by atoms with van der Waals surface area (Å²) in [7, 11) is 0. The summed E-state index contributed by atoms with van der Waals surface area (Å²) in [6.45, 7) is 6.10. The number of carbonyl (C=O) groups excluding carboxylic acids is 1. The minimum Gasteiger partial charge on any atom is -0.344 e. The van der Waals surface area contributed by atoms with E-state index in [4.69, 9.17) is 0 Å². The standard InChI is InChI=1S/C17H23NO/c1-4-6-7-16(5-2)18-11-10-15-12-14(13(3)19)8-9-17(15)18/h8-12,16H,4-7H2,1-3H3. The molecule has 2 rings (SSSR count). The van der Waals surface area contributed by atoms with Crippen LogP contribution < -0.4 is 0 Å². The first-order valence-electron chi connectivity index (χ1n) is 7.28. The molecule has 0 bridgehead atoms. The van der Waals surface area contributed by atoms with Crippen LogP contribution in [0.1, 0.15) is 62.9 Å². The lowest BCUT2D eigenvalue weighted by atomic mass is 10.1. The van der Waals surface area contributed by atoms with Crippen LogP contribution in [-0.4, -0.2) is 10.4 Å². The first-order valence-corrected chi connectivity index (χ1v) is 7.28. The summed E-state index contributed by atoms with van der Waals surface area (Å²) >= 11 is 0. The van der Waals surface area contributed by atoms with Crippen LogP contribution in [0.15, 0.2) is 30.5 Å². The van der Waals surface area contributed by atoms with Crippen molar-refractivity contribution in [3.63, 3.8) is 0 Å². The van der Waals surface area contributed by atoms with Crippen molar-refractivity contribution in [1.82, 2.24) is 4.57 Å². The quantitative estimate of drug-likeness (QED) is 0.668. The van der Waals surface area contributed by atoms with Gasteiger partial charge in [0.1, 0.15) is 0 Å². The van der Waals surface area contributed by atoms with E-state index in [0.717, 1.165) is 12.0 Å². The van der Waals surface area contributed by atoms with Crippen molar-refractivity contribution in [2.24, 2.45) is 0 Å². The van der Waals surface area contributed by atoms with Gasteiger partial charge in [-0.25, -0.2) is 0 Å². The molecule has 1 heterocycles. The Morgan fingerprint density at radius 3 is 2.68 bits per heavy atom. The van der Waals surface area contributed by atoms with E-state index < -0.39 is 0 Å². The third kappa shape index (κ3) is 2.89. The third-order valence-electron chi connectivity index (χ3n) is 3.88. The van der Waals surface area contributed by atoms with E-state index in [9.17, 15) is 4.79 Å². The predicted octanol–water partition coefficient (Wildman–Crippen LogP) is 4.99. The molecule has 0 saturated carbocycles. The van der Waals surface area contributed by atoms with Gasteiger partial charge in [-0.05, 0) is 44.0 Å². The summed E-state index contributed by atoms with van der Waals surface area (Å²) in [5.74, 6) is 0.132. The Bertz CT molecular complexity index is 568. The summed E-state index contributed by atoms with van der Waals surface area (Å²) < 4.78 is 2.37. The largest absolute Gasteiger partial charge is 0.344 e. The average molecular weight is 257 g/mol. The highest BCUT2D eigenvalue weighted by Crippen LogP contribution is 2.26. The van der Waals surface area contributed by atoms with Gasteiger partial charge in [0.2, 0.25) is 0 Å². The first-order chi connectivity index (χ1) is 9.17. The van der Waals surface area contributed by atoms with Gasteiger partial charge in [0.15, 0.2) is 5.78 Å². The minimum absolute atomic E-state index is 0.132. The van der Waals surface area contributed by atoms with Gasteiger partial charge < -0.3 is 4.57 Å². The Morgan fingerprint density at radius 2 is 2.05 bits per heavy atom. The minimum atomic E-state index is 0.132. The van der Waals surface area contributed by atoms with Gasteiger partial charge in [-0.15, -0.1) is 0 Å². The number of carbonyl (C=O) groups is 1. The maximum Gasteiger partial charge on any atom is 0.159 e. The fourth-order valence-corrected chi connectivity index (χ4v) is 2.68. The highest BCUT2D eigenvalue weighted by molar-refractivity contribution is 5.98. The number of benzene rings is 1. The normalized spacial score (nSPS) is 12.8. The molecule has 2 heteroatoms. The second kappa shape index (κ2) is 6.05.